The second kappa shape index (κ2) is 11.7. The number of benzene rings is 2. The Labute approximate surface area is 203 Å². The van der Waals surface area contributed by atoms with E-state index >= 15 is 0 Å². The van der Waals surface area contributed by atoms with E-state index in [2.05, 4.69) is 27.9 Å². The maximum atomic E-state index is 12.3. The lowest BCUT2D eigenvalue weighted by Gasteiger charge is -2.16. The summed E-state index contributed by atoms with van der Waals surface area (Å²) in [6.45, 7) is 6.61. The molecule has 0 aliphatic heterocycles. The van der Waals surface area contributed by atoms with Gasteiger partial charge >= 0.3 is 0 Å². The summed E-state index contributed by atoms with van der Waals surface area (Å²) in [6, 6.07) is 11.0. The van der Waals surface area contributed by atoms with Crippen LogP contribution in [0.2, 0.25) is 5.02 Å². The highest BCUT2D eigenvalue weighted by molar-refractivity contribution is 7.71. The summed E-state index contributed by atoms with van der Waals surface area (Å²) in [5, 5.41) is 10.3. The van der Waals surface area contributed by atoms with Gasteiger partial charge in [-0.05, 0) is 56.2 Å². The Bertz CT molecular complexity index is 1140. The molecular formula is C23H28ClN5O3S. The van der Waals surface area contributed by atoms with Crippen molar-refractivity contribution in [3.8, 4) is 11.5 Å². The van der Waals surface area contributed by atoms with Crippen molar-refractivity contribution in [1.29, 1.82) is 0 Å². The number of amides is 1. The molecule has 0 atom stereocenters. The SMILES string of the molecule is CCCc1n[nH]c(=S)n1NCc1cc(OCC)c(OCC(=O)Nc2ccc(C)cc2)cc1Cl. The standard InChI is InChI=1S/C23H28ClN5O3S/c1-4-6-21-27-28-23(33)29(21)25-13-16-11-19(31-5-2)20(12-18(16)24)32-14-22(30)26-17-9-7-15(3)8-10-17/h7-12,25H,4-6,13-14H2,1-3H3,(H,26,30)(H,28,33). The van der Waals surface area contributed by atoms with Gasteiger partial charge < -0.3 is 20.2 Å². The molecule has 176 valence electrons. The molecule has 33 heavy (non-hydrogen) atoms. The normalized spacial score (nSPS) is 10.7. The van der Waals surface area contributed by atoms with Crippen molar-refractivity contribution in [2.45, 2.75) is 40.2 Å². The van der Waals surface area contributed by atoms with Crippen molar-refractivity contribution in [1.82, 2.24) is 14.9 Å². The monoisotopic (exact) mass is 489 g/mol. The van der Waals surface area contributed by atoms with Crippen molar-refractivity contribution >= 4 is 35.4 Å². The summed E-state index contributed by atoms with van der Waals surface area (Å²) in [5.41, 5.74) is 5.87. The Morgan fingerprint density at radius 1 is 1.18 bits per heavy atom. The third kappa shape index (κ3) is 6.72. The lowest BCUT2D eigenvalue weighted by Crippen LogP contribution is -2.20. The number of carbonyl (C=O) groups excluding carboxylic acids is 1. The maximum Gasteiger partial charge on any atom is 0.262 e. The number of hydrogen-bond acceptors (Lipinski definition) is 6. The van der Waals surface area contributed by atoms with Gasteiger partial charge in [0.25, 0.3) is 5.91 Å². The predicted molar refractivity (Wildman–Crippen MR) is 132 cm³/mol. The van der Waals surface area contributed by atoms with Gasteiger partial charge in [0, 0.05) is 23.2 Å². The number of rotatable bonds is 11. The molecule has 1 heterocycles. The fourth-order valence-corrected chi connectivity index (χ4v) is 3.56. The van der Waals surface area contributed by atoms with E-state index in [9.17, 15) is 4.79 Å². The van der Waals surface area contributed by atoms with Gasteiger partial charge in [0.05, 0.1) is 13.2 Å². The molecule has 3 N–H and O–H groups in total. The highest BCUT2D eigenvalue weighted by Gasteiger charge is 2.14. The minimum absolute atomic E-state index is 0.174. The molecule has 1 aromatic heterocycles. The average molecular weight is 490 g/mol. The Hall–Kier alpha value is -3.04. The minimum Gasteiger partial charge on any atom is -0.490 e. The van der Waals surface area contributed by atoms with Gasteiger partial charge in [-0.3, -0.25) is 9.89 Å². The summed E-state index contributed by atoms with van der Waals surface area (Å²) < 4.78 is 13.7. The fraction of sp³-hybridized carbons (Fsp3) is 0.348. The third-order valence-electron chi connectivity index (χ3n) is 4.75. The lowest BCUT2D eigenvalue weighted by atomic mass is 10.2. The molecule has 2 aromatic carbocycles. The van der Waals surface area contributed by atoms with Crippen LogP contribution in [0.3, 0.4) is 0 Å². The zero-order chi connectivity index (χ0) is 23.8. The first kappa shape index (κ1) is 24.6. The molecule has 0 saturated carbocycles. The van der Waals surface area contributed by atoms with E-state index in [-0.39, 0.29) is 12.5 Å². The van der Waals surface area contributed by atoms with Crippen LogP contribution in [0.1, 0.15) is 37.2 Å². The van der Waals surface area contributed by atoms with Gasteiger partial charge in [-0.25, -0.2) is 4.68 Å². The van der Waals surface area contributed by atoms with Crippen molar-refractivity contribution in [2.75, 3.05) is 24.0 Å². The molecule has 0 unspecified atom stereocenters. The largest absolute Gasteiger partial charge is 0.490 e. The van der Waals surface area contributed by atoms with E-state index in [4.69, 9.17) is 33.3 Å². The Balaban J connectivity index is 1.68. The predicted octanol–water partition coefficient (Wildman–Crippen LogP) is 5.01. The van der Waals surface area contributed by atoms with Crippen molar-refractivity contribution < 1.29 is 14.3 Å². The van der Waals surface area contributed by atoms with Gasteiger partial charge in [-0.2, -0.15) is 5.10 Å². The van der Waals surface area contributed by atoms with Gasteiger partial charge in [0.15, 0.2) is 23.9 Å². The molecule has 0 aliphatic rings. The van der Waals surface area contributed by atoms with E-state index < -0.39 is 0 Å². The van der Waals surface area contributed by atoms with E-state index in [0.29, 0.717) is 40.1 Å². The molecular weight excluding hydrogens is 462 g/mol. The third-order valence-corrected chi connectivity index (χ3v) is 5.38. The van der Waals surface area contributed by atoms with Gasteiger partial charge in [-0.15, -0.1) is 0 Å². The number of anilines is 1. The minimum atomic E-state index is -0.277. The van der Waals surface area contributed by atoms with Crippen LogP contribution in [0.4, 0.5) is 5.69 Å². The number of H-pyrrole nitrogens is 1. The Kier molecular flexibility index (Phi) is 8.73. The number of aryl methyl sites for hydroxylation is 2. The van der Waals surface area contributed by atoms with Crippen LogP contribution < -0.4 is 20.2 Å². The average Bonchev–Trinajstić information content (AvgIpc) is 3.14. The second-order valence-electron chi connectivity index (χ2n) is 7.39. The fourth-order valence-electron chi connectivity index (χ4n) is 3.12. The zero-order valence-corrected chi connectivity index (χ0v) is 20.5. The Morgan fingerprint density at radius 2 is 1.91 bits per heavy atom. The molecule has 3 aromatic rings. The van der Waals surface area contributed by atoms with Crippen LogP contribution in [-0.2, 0) is 17.8 Å². The molecule has 0 spiro atoms. The second-order valence-corrected chi connectivity index (χ2v) is 8.19. The highest BCUT2D eigenvalue weighted by atomic mass is 35.5. The summed E-state index contributed by atoms with van der Waals surface area (Å²) in [6.07, 6.45) is 1.73. The Morgan fingerprint density at radius 3 is 2.61 bits per heavy atom. The van der Waals surface area contributed by atoms with E-state index in [1.807, 2.05) is 38.1 Å². The first-order valence-corrected chi connectivity index (χ1v) is 11.5. The summed E-state index contributed by atoms with van der Waals surface area (Å²) in [5.74, 6) is 1.45. The molecule has 8 nitrogen and oxygen atoms in total. The van der Waals surface area contributed by atoms with Crippen molar-refractivity contribution in [3.05, 3.63) is 63.1 Å². The zero-order valence-electron chi connectivity index (χ0n) is 18.9. The van der Waals surface area contributed by atoms with Crippen molar-refractivity contribution in [2.24, 2.45) is 0 Å². The van der Waals surface area contributed by atoms with Crippen LogP contribution in [0.25, 0.3) is 0 Å². The molecule has 0 bridgehead atoms. The van der Waals surface area contributed by atoms with Crippen molar-refractivity contribution in [3.63, 3.8) is 0 Å². The van der Waals surface area contributed by atoms with Crippen LogP contribution in [0, 0.1) is 11.7 Å². The number of halogens is 1. The van der Waals surface area contributed by atoms with E-state index in [1.54, 1.807) is 16.8 Å². The summed E-state index contributed by atoms with van der Waals surface area (Å²) >= 11 is 11.8. The molecule has 1 amide bonds. The quantitative estimate of drug-likeness (QED) is 0.328. The summed E-state index contributed by atoms with van der Waals surface area (Å²) in [4.78, 5) is 12.3. The molecule has 0 radical (unpaired) electrons. The molecule has 0 aliphatic carbocycles. The summed E-state index contributed by atoms with van der Waals surface area (Å²) in [7, 11) is 0. The molecule has 10 heteroatoms. The van der Waals surface area contributed by atoms with Gasteiger partial charge in [0.1, 0.15) is 0 Å². The first-order valence-electron chi connectivity index (χ1n) is 10.8. The molecule has 0 saturated heterocycles. The molecule has 3 rings (SSSR count). The smallest absolute Gasteiger partial charge is 0.262 e. The van der Waals surface area contributed by atoms with Crippen LogP contribution >= 0.6 is 23.8 Å². The number of hydrogen-bond donors (Lipinski definition) is 3. The van der Waals surface area contributed by atoms with E-state index in [1.165, 1.54) is 0 Å². The lowest BCUT2D eigenvalue weighted by molar-refractivity contribution is -0.118. The number of nitrogens with zero attached hydrogens (tertiary/aromatic N) is 2. The number of ether oxygens (including phenoxy) is 2. The first-order chi connectivity index (χ1) is 15.9. The number of aromatic amines is 1. The number of carbonyl (C=O) groups is 1. The number of aromatic nitrogens is 3. The van der Waals surface area contributed by atoms with Gasteiger partial charge in [-0.1, -0.05) is 36.2 Å². The van der Waals surface area contributed by atoms with E-state index in [0.717, 1.165) is 29.8 Å². The molecule has 0 fully saturated rings. The maximum absolute atomic E-state index is 12.3. The highest BCUT2D eigenvalue weighted by Crippen LogP contribution is 2.34. The van der Waals surface area contributed by atoms with Gasteiger partial charge in [0.2, 0.25) is 4.77 Å². The van der Waals surface area contributed by atoms with Crippen LogP contribution in [0.15, 0.2) is 36.4 Å². The number of nitrogens with one attached hydrogen (secondary N) is 3. The topological polar surface area (TPSA) is 93.2 Å². The van der Waals surface area contributed by atoms with Crippen LogP contribution in [0.5, 0.6) is 11.5 Å². The van der Waals surface area contributed by atoms with Crippen LogP contribution in [-0.4, -0.2) is 34.0 Å².